The van der Waals surface area contributed by atoms with Gasteiger partial charge in [0.15, 0.2) is 0 Å². The van der Waals surface area contributed by atoms with Crippen LogP contribution in [-0.4, -0.2) is 10.1 Å². The Kier molecular flexibility index (Phi) is 2.56. The molecule has 0 amide bonds. The van der Waals surface area contributed by atoms with E-state index in [0.29, 0.717) is 16.5 Å². The van der Waals surface area contributed by atoms with Crippen LogP contribution >= 0.6 is 0 Å². The smallest absolute Gasteiger partial charge is 0.249 e. The Hall–Kier alpha value is -2.62. The zero-order valence-corrected chi connectivity index (χ0v) is 9.85. The quantitative estimate of drug-likeness (QED) is 0.702. The van der Waals surface area contributed by atoms with Gasteiger partial charge in [0.1, 0.15) is 11.6 Å². The van der Waals surface area contributed by atoms with Crippen molar-refractivity contribution in [3.63, 3.8) is 0 Å². The molecule has 0 atom stereocenters. The number of phenols is 1. The molecule has 0 unspecified atom stereocenters. The van der Waals surface area contributed by atoms with Crippen molar-refractivity contribution in [1.82, 2.24) is 4.98 Å². The SMILES string of the molecule is O=c1cc(-c2ccc(F)cc2)c2cc(O)ccc2[nH]1. The Morgan fingerprint density at radius 1 is 1.00 bits per heavy atom. The van der Waals surface area contributed by atoms with Crippen LogP contribution in [0.15, 0.2) is 53.3 Å². The van der Waals surface area contributed by atoms with Gasteiger partial charge in [-0.3, -0.25) is 4.79 Å². The Labute approximate surface area is 108 Å². The second kappa shape index (κ2) is 4.24. The van der Waals surface area contributed by atoms with Gasteiger partial charge in [-0.1, -0.05) is 12.1 Å². The summed E-state index contributed by atoms with van der Waals surface area (Å²) in [5.41, 5.74) is 1.78. The van der Waals surface area contributed by atoms with Gasteiger partial charge in [0.25, 0.3) is 0 Å². The first kappa shape index (κ1) is 11.5. The highest BCUT2D eigenvalue weighted by Gasteiger charge is 2.07. The van der Waals surface area contributed by atoms with Crippen molar-refractivity contribution < 1.29 is 9.50 Å². The van der Waals surface area contributed by atoms with E-state index in [4.69, 9.17) is 0 Å². The zero-order valence-electron chi connectivity index (χ0n) is 9.85. The van der Waals surface area contributed by atoms with Crippen LogP contribution in [0, 0.1) is 5.82 Å². The minimum atomic E-state index is -0.333. The molecule has 1 heterocycles. The molecule has 0 fully saturated rings. The Balaban J connectivity index is 2.35. The number of rotatable bonds is 1. The Morgan fingerprint density at radius 2 is 1.74 bits per heavy atom. The number of benzene rings is 2. The van der Waals surface area contributed by atoms with Crippen molar-refractivity contribution in [2.45, 2.75) is 0 Å². The fraction of sp³-hybridized carbons (Fsp3) is 0. The number of pyridine rings is 1. The minimum absolute atomic E-state index is 0.114. The van der Waals surface area contributed by atoms with Gasteiger partial charge < -0.3 is 10.1 Å². The standard InChI is InChI=1S/C15H10FNO2/c16-10-3-1-9(2-4-10)12-8-15(19)17-14-6-5-11(18)7-13(12)14/h1-8,18H,(H,17,19). The van der Waals surface area contributed by atoms with Gasteiger partial charge in [0, 0.05) is 17.0 Å². The van der Waals surface area contributed by atoms with Crippen molar-refractivity contribution in [2.75, 3.05) is 0 Å². The molecule has 0 saturated carbocycles. The third-order valence-corrected chi connectivity index (χ3v) is 2.98. The van der Waals surface area contributed by atoms with E-state index in [1.165, 1.54) is 24.3 Å². The molecule has 0 aliphatic heterocycles. The van der Waals surface area contributed by atoms with Gasteiger partial charge in [0.05, 0.1) is 0 Å². The number of aromatic amines is 1. The predicted octanol–water partition coefficient (Wildman–Crippen LogP) is 3.04. The summed E-state index contributed by atoms with van der Waals surface area (Å²) < 4.78 is 13.0. The van der Waals surface area contributed by atoms with Gasteiger partial charge in [-0.05, 0) is 41.5 Å². The van der Waals surface area contributed by atoms with Crippen LogP contribution in [0.1, 0.15) is 0 Å². The van der Waals surface area contributed by atoms with Crippen LogP contribution in [0.3, 0.4) is 0 Å². The van der Waals surface area contributed by atoms with Gasteiger partial charge in [0.2, 0.25) is 5.56 Å². The topological polar surface area (TPSA) is 53.1 Å². The summed E-state index contributed by atoms with van der Waals surface area (Å²) in [6.07, 6.45) is 0. The summed E-state index contributed by atoms with van der Waals surface area (Å²) in [5, 5.41) is 10.3. The average molecular weight is 255 g/mol. The minimum Gasteiger partial charge on any atom is -0.508 e. The third-order valence-electron chi connectivity index (χ3n) is 2.98. The van der Waals surface area contributed by atoms with Crippen LogP contribution in [0.5, 0.6) is 5.75 Å². The normalized spacial score (nSPS) is 10.8. The summed E-state index contributed by atoms with van der Waals surface area (Å²) >= 11 is 0. The van der Waals surface area contributed by atoms with E-state index in [-0.39, 0.29) is 17.1 Å². The third kappa shape index (κ3) is 2.08. The summed E-state index contributed by atoms with van der Waals surface area (Å²) in [5.74, 6) is -0.219. The van der Waals surface area contributed by atoms with E-state index in [0.717, 1.165) is 5.56 Å². The second-order valence-electron chi connectivity index (χ2n) is 4.28. The summed E-state index contributed by atoms with van der Waals surface area (Å²) in [6, 6.07) is 12.0. The first-order valence-corrected chi connectivity index (χ1v) is 5.75. The lowest BCUT2D eigenvalue weighted by Gasteiger charge is -2.07. The number of hydrogen-bond acceptors (Lipinski definition) is 2. The van der Waals surface area contributed by atoms with E-state index < -0.39 is 0 Å². The number of H-pyrrole nitrogens is 1. The molecule has 94 valence electrons. The highest BCUT2D eigenvalue weighted by Crippen LogP contribution is 2.28. The van der Waals surface area contributed by atoms with Crippen molar-refractivity contribution in [2.24, 2.45) is 0 Å². The summed E-state index contributed by atoms with van der Waals surface area (Å²) in [7, 11) is 0. The van der Waals surface area contributed by atoms with Crippen LogP contribution in [0.25, 0.3) is 22.0 Å². The van der Waals surface area contributed by atoms with E-state index in [1.54, 1.807) is 24.3 Å². The molecule has 0 spiro atoms. The van der Waals surface area contributed by atoms with Crippen molar-refractivity contribution in [3.05, 3.63) is 64.7 Å². The molecule has 0 aliphatic carbocycles. The lowest BCUT2D eigenvalue weighted by Crippen LogP contribution is -2.04. The molecule has 0 saturated heterocycles. The van der Waals surface area contributed by atoms with Crippen LogP contribution in [0.4, 0.5) is 4.39 Å². The van der Waals surface area contributed by atoms with E-state index in [2.05, 4.69) is 4.98 Å². The number of fused-ring (bicyclic) bond motifs is 1. The monoisotopic (exact) mass is 255 g/mol. The maximum atomic E-state index is 13.0. The maximum absolute atomic E-state index is 13.0. The number of halogens is 1. The molecular weight excluding hydrogens is 245 g/mol. The molecule has 2 N–H and O–H groups in total. The molecular formula is C15H10FNO2. The fourth-order valence-corrected chi connectivity index (χ4v) is 2.11. The number of hydrogen-bond donors (Lipinski definition) is 2. The maximum Gasteiger partial charge on any atom is 0.249 e. The Morgan fingerprint density at radius 3 is 2.47 bits per heavy atom. The zero-order chi connectivity index (χ0) is 13.4. The molecule has 0 aliphatic rings. The van der Waals surface area contributed by atoms with Crippen LogP contribution < -0.4 is 5.56 Å². The highest BCUT2D eigenvalue weighted by molar-refractivity contribution is 5.94. The Bertz CT molecular complexity index is 806. The average Bonchev–Trinajstić information content (AvgIpc) is 2.39. The van der Waals surface area contributed by atoms with Gasteiger partial charge in [-0.2, -0.15) is 0 Å². The summed E-state index contributed by atoms with van der Waals surface area (Å²) in [6.45, 7) is 0. The molecule has 4 heteroatoms. The first-order valence-electron chi connectivity index (χ1n) is 5.75. The second-order valence-corrected chi connectivity index (χ2v) is 4.28. The van der Waals surface area contributed by atoms with Gasteiger partial charge in [-0.25, -0.2) is 4.39 Å². The fourth-order valence-electron chi connectivity index (χ4n) is 2.11. The lowest BCUT2D eigenvalue weighted by atomic mass is 10.0. The molecule has 0 radical (unpaired) electrons. The highest BCUT2D eigenvalue weighted by atomic mass is 19.1. The molecule has 3 aromatic rings. The summed E-state index contributed by atoms with van der Waals surface area (Å²) in [4.78, 5) is 14.3. The molecule has 2 aromatic carbocycles. The van der Waals surface area contributed by atoms with Gasteiger partial charge >= 0.3 is 0 Å². The number of aromatic nitrogens is 1. The molecule has 1 aromatic heterocycles. The number of nitrogens with one attached hydrogen (secondary N) is 1. The van der Waals surface area contributed by atoms with Crippen molar-refractivity contribution in [1.29, 1.82) is 0 Å². The van der Waals surface area contributed by atoms with E-state index in [9.17, 15) is 14.3 Å². The first-order chi connectivity index (χ1) is 9.13. The van der Waals surface area contributed by atoms with E-state index in [1.807, 2.05) is 0 Å². The lowest BCUT2D eigenvalue weighted by molar-refractivity contribution is 0.476. The van der Waals surface area contributed by atoms with Crippen molar-refractivity contribution in [3.8, 4) is 16.9 Å². The number of phenolic OH excluding ortho intramolecular Hbond substituents is 1. The molecule has 3 rings (SSSR count). The van der Waals surface area contributed by atoms with E-state index >= 15 is 0 Å². The molecule has 19 heavy (non-hydrogen) atoms. The molecule has 3 nitrogen and oxygen atoms in total. The van der Waals surface area contributed by atoms with Crippen molar-refractivity contribution >= 4 is 10.9 Å². The van der Waals surface area contributed by atoms with Crippen LogP contribution in [0.2, 0.25) is 0 Å². The molecule has 0 bridgehead atoms. The number of aromatic hydroxyl groups is 1. The van der Waals surface area contributed by atoms with Gasteiger partial charge in [-0.15, -0.1) is 0 Å². The predicted molar refractivity (Wildman–Crippen MR) is 71.6 cm³/mol. The largest absolute Gasteiger partial charge is 0.508 e. The van der Waals surface area contributed by atoms with Crippen LogP contribution in [-0.2, 0) is 0 Å².